The Balaban J connectivity index is 0.000000134. The first-order valence-electron chi connectivity index (χ1n) is 46.5. The number of anilines is 5. The second kappa shape index (κ2) is 47.6. The number of carbonyl (C=O) groups is 6. The number of thiophene rings is 1. The number of hydrogen-bond acceptors (Lipinski definition) is 20. The molecule has 0 radical (unpaired) electrons. The van der Waals surface area contributed by atoms with Crippen LogP contribution in [0, 0.1) is 70.0 Å². The molecule has 11 N–H and O–H groups in total. The first-order chi connectivity index (χ1) is 72.4. The molecule has 17 aromatic rings. The minimum absolute atomic E-state index is 0.00885. The molecular weight excluding hydrogens is 1980 g/mol. The zero-order valence-corrected chi connectivity index (χ0v) is 81.9. The summed E-state index contributed by atoms with van der Waals surface area (Å²) in [6, 6.07) is 43.7. The third-order valence-electron chi connectivity index (χ3n) is 24.7. The van der Waals surface area contributed by atoms with E-state index in [-0.39, 0.29) is 111 Å². The number of likely N-dealkylation sites (tertiary alicyclic amines) is 1. The highest BCUT2D eigenvalue weighted by atomic mass is 32.1. The fraction of sp³-hybridized carbons (Fsp3) is 0.183. The maximum absolute atomic E-state index is 14.6. The van der Waals surface area contributed by atoms with Crippen molar-refractivity contribution in [2.45, 2.75) is 51.0 Å². The predicted octanol–water partition coefficient (Wildman–Crippen LogP) is 22.1. The number of likely N-dealkylation sites (N-methyl/N-ethyl adjacent to an activating group) is 1. The highest BCUT2D eigenvalue weighted by molar-refractivity contribution is 7.10. The highest BCUT2D eigenvalue weighted by Crippen LogP contribution is 2.39. The lowest BCUT2D eigenvalue weighted by Crippen LogP contribution is -2.40. The molecule has 10 aromatic carbocycles. The van der Waals surface area contributed by atoms with Crippen molar-refractivity contribution in [3.05, 3.63) is 313 Å². The van der Waals surface area contributed by atoms with Gasteiger partial charge >= 0.3 is 0 Å². The molecule has 1 unspecified atom stereocenters. The summed E-state index contributed by atoms with van der Waals surface area (Å²) < 4.78 is 176. The maximum Gasteiger partial charge on any atom is 0.291 e. The minimum Gasteiger partial charge on any atom is -0.494 e. The molecule has 3 fully saturated rings. The summed E-state index contributed by atoms with van der Waals surface area (Å²) in [6.45, 7) is 3.40. The second-order valence-corrected chi connectivity index (χ2v) is 35.4. The van der Waals surface area contributed by atoms with E-state index in [1.807, 2.05) is 17.5 Å². The lowest BCUT2D eigenvalue weighted by Gasteiger charge is -2.30. The van der Waals surface area contributed by atoms with Gasteiger partial charge in [0.15, 0.2) is 63.6 Å². The average Bonchev–Trinajstić information content (AvgIpc) is 1.62. The van der Waals surface area contributed by atoms with Gasteiger partial charge in [-0.25, -0.2) is 43.9 Å². The van der Waals surface area contributed by atoms with E-state index in [1.165, 1.54) is 181 Å². The quantitative estimate of drug-likeness (QED) is 0.0213. The Kier molecular flexibility index (Phi) is 33.4. The topological polar surface area (TPSA) is 390 Å². The number of H-pyrrole nitrogens is 5. The fourth-order valence-electron chi connectivity index (χ4n) is 16.2. The van der Waals surface area contributed by atoms with Crippen molar-refractivity contribution >= 4 is 190 Å². The summed E-state index contributed by atoms with van der Waals surface area (Å²) in [7, 11) is 8.71. The lowest BCUT2D eigenvalue weighted by atomic mass is 9.95. The van der Waals surface area contributed by atoms with E-state index in [4.69, 9.17) is 32.8 Å². The smallest absolute Gasteiger partial charge is 0.291 e. The third kappa shape index (κ3) is 25.5. The van der Waals surface area contributed by atoms with Crippen molar-refractivity contribution in [1.82, 2.24) is 61.2 Å². The van der Waals surface area contributed by atoms with Crippen LogP contribution in [-0.4, -0.2) is 166 Å². The highest BCUT2D eigenvalue weighted by Gasteiger charge is 2.49. The van der Waals surface area contributed by atoms with E-state index in [0.29, 0.717) is 156 Å². The molecule has 770 valence electrons. The molecule has 3 aliphatic rings. The van der Waals surface area contributed by atoms with E-state index in [0.717, 1.165) is 17.7 Å². The van der Waals surface area contributed by atoms with Crippen molar-refractivity contribution in [3.8, 4) is 28.7 Å². The van der Waals surface area contributed by atoms with Crippen LogP contribution in [0.15, 0.2) is 192 Å². The zero-order valence-electron chi connectivity index (χ0n) is 81.1. The predicted molar refractivity (Wildman–Crippen MR) is 554 cm³/mol. The Bertz CT molecular complexity index is 8040. The molecule has 0 spiro atoms. The van der Waals surface area contributed by atoms with Gasteiger partial charge in [0.1, 0.15) is 29.1 Å². The van der Waals surface area contributed by atoms with Crippen molar-refractivity contribution in [2.24, 2.45) is 11.8 Å². The number of methoxy groups -OCH3 is 5. The van der Waals surface area contributed by atoms with Gasteiger partial charge in [-0.2, -0.15) is 25.5 Å². The SMILES string of the molecule is CNC1(C(=O)Nc2cc3c(/C=C/c4ccc(OC)c(F)c4)n[nH]c3cc2F)CC1.COc1ccc(/C=C/c2n[nH]c3cc(F)c(NC(=O)C4CCN(C(C)=O)CC4)cc23)cc1F.COc1ccc(/C=C/c2n[nH]c3cc(F)c(NC(=O)C4CCOC4)cc23)cc1F.COc1ccc(/C=C/c2n[nH]c3cc(F)c(NC(=O)Cc4cccs4)cc23)cc1F.COc1ccc(/C=C/c2n[nH]c3cc(F)c(NC(=O)c4ccco4)cc23)cc1F. The van der Waals surface area contributed by atoms with Crippen LogP contribution in [0.25, 0.3) is 115 Å². The summed E-state index contributed by atoms with van der Waals surface area (Å²) in [5.41, 5.74) is 7.83. The van der Waals surface area contributed by atoms with Crippen LogP contribution in [0.5, 0.6) is 28.7 Å². The monoisotopic (exact) mass is 2070 g/mol. The van der Waals surface area contributed by atoms with Crippen LogP contribution >= 0.6 is 11.3 Å². The molecule has 30 nitrogen and oxygen atoms in total. The van der Waals surface area contributed by atoms with E-state index in [9.17, 15) is 72.7 Å². The summed E-state index contributed by atoms with van der Waals surface area (Å²) in [4.78, 5) is 75.8. The number of amides is 6. The Morgan fingerprint density at radius 1 is 0.400 bits per heavy atom. The molecule has 0 bridgehead atoms. The number of rotatable bonds is 27. The maximum atomic E-state index is 14.6. The summed E-state index contributed by atoms with van der Waals surface area (Å²) in [5.74, 6) is -6.59. The molecule has 9 heterocycles. The van der Waals surface area contributed by atoms with Crippen LogP contribution < -0.4 is 55.6 Å². The first-order valence-corrected chi connectivity index (χ1v) is 47.4. The van der Waals surface area contributed by atoms with Crippen molar-refractivity contribution in [1.29, 1.82) is 0 Å². The Hall–Kier alpha value is -17.7. The van der Waals surface area contributed by atoms with Crippen LogP contribution in [0.4, 0.5) is 72.3 Å². The molecular formula is C109H95F10N17O13S. The van der Waals surface area contributed by atoms with E-state index < -0.39 is 69.6 Å². The molecule has 2 aliphatic heterocycles. The van der Waals surface area contributed by atoms with Crippen LogP contribution in [0.1, 0.15) is 111 Å². The molecule has 20 rings (SSSR count). The Morgan fingerprint density at radius 2 is 0.733 bits per heavy atom. The van der Waals surface area contributed by atoms with E-state index in [1.54, 1.807) is 115 Å². The first kappa shape index (κ1) is 105. The van der Waals surface area contributed by atoms with Crippen LogP contribution in [0.3, 0.4) is 0 Å². The number of nitrogens with one attached hydrogen (secondary N) is 11. The van der Waals surface area contributed by atoms with Gasteiger partial charge in [0.05, 0.1) is 151 Å². The van der Waals surface area contributed by atoms with E-state index >= 15 is 0 Å². The van der Waals surface area contributed by atoms with Gasteiger partial charge in [-0.1, -0.05) is 66.8 Å². The number of benzene rings is 10. The number of piperidine rings is 1. The van der Waals surface area contributed by atoms with Crippen LogP contribution in [0.2, 0.25) is 0 Å². The number of ether oxygens (including phenoxy) is 6. The van der Waals surface area contributed by atoms with Gasteiger partial charge in [0, 0.05) is 94.7 Å². The number of aromatic amines is 5. The molecule has 150 heavy (non-hydrogen) atoms. The molecule has 7 aromatic heterocycles. The summed E-state index contributed by atoms with van der Waals surface area (Å²) in [5, 5.41) is 55.7. The number of aromatic nitrogens is 10. The number of nitrogens with zero attached hydrogens (tertiary/aromatic N) is 6. The summed E-state index contributed by atoms with van der Waals surface area (Å²) in [6.07, 6.45) is 21.5. The van der Waals surface area contributed by atoms with Gasteiger partial charge in [-0.3, -0.25) is 54.3 Å². The number of carbonyl (C=O) groups excluding carboxylic acids is 6. The minimum atomic E-state index is -0.617. The van der Waals surface area contributed by atoms with Gasteiger partial charge in [0.2, 0.25) is 29.5 Å². The normalized spacial score (nSPS) is 13.8. The molecule has 1 aliphatic carbocycles. The van der Waals surface area contributed by atoms with Gasteiger partial charge in [0.25, 0.3) is 5.91 Å². The zero-order chi connectivity index (χ0) is 106. The van der Waals surface area contributed by atoms with Crippen LogP contribution in [-0.2, 0) is 35.1 Å². The summed E-state index contributed by atoms with van der Waals surface area (Å²) >= 11 is 1.47. The molecule has 41 heteroatoms. The second-order valence-electron chi connectivity index (χ2n) is 34.4. The average molecular weight is 2070 g/mol. The number of halogens is 10. The number of fused-ring (bicyclic) bond motifs is 5. The standard InChI is InChI=1S/C24H24F2N4O3.C22H17F2N3O2S.C21H20F2N4O2.C21H19F2N3O3.C21H15F2N3O3/c1-14(31)30-9-7-16(8-10-30)24(32)27-22-12-17-20(28-29-21(17)13-18(22)25)5-3-15-4-6-23(33-2)19(26)11-15;1-29-21-7-5-13(9-17(21)24)4-6-18-15-11-20(16(23)12-19(15)27-26-18)25-22(28)10-14-3-2-8-30-14;1-24-21(7-8-21)20(28)25-18-10-13-16(26-27-17(13)11-14(18)22)5-3-12-4-6-19(29-2)15(23)9-12;1-28-20-5-3-12(8-16(20)23)2-4-17-14-9-19(15(22)10-18(14)26-25-17)24-21(27)13-6-7-29-11-13;1-28-19-7-5-12(9-15(19)23)4-6-16-13-10-18(14(22)11-17(13)26-25-16)24-21(27)20-3-2-8-29-20/h3-6,11-13,16H,7-10H2,1-2H3,(H,27,32)(H,28,29);2-9,11-12H,10H2,1H3,(H,25,28)(H,26,27);3-6,9-11,24H,7-8H2,1-2H3,(H,25,28)(H,26,27);2-5,8-10,13H,6-7,11H2,1H3,(H,24,27)(H,25,26);2-11H,1H3,(H,24,27)(H,25,26)/b5-3+;6-4+;5-3+;4-2+;6-4+. The third-order valence-corrected chi connectivity index (χ3v) is 25.5. The van der Waals surface area contributed by atoms with Crippen molar-refractivity contribution in [2.75, 3.05) is 95.5 Å². The molecule has 1 saturated carbocycles. The van der Waals surface area contributed by atoms with Gasteiger partial charge in [-0.05, 0) is 212 Å². The van der Waals surface area contributed by atoms with Crippen molar-refractivity contribution < 1.29 is 106 Å². The largest absolute Gasteiger partial charge is 0.494 e. The van der Waals surface area contributed by atoms with Gasteiger partial charge in [-0.15, -0.1) is 11.3 Å². The fourth-order valence-corrected chi connectivity index (χ4v) is 16.9. The van der Waals surface area contributed by atoms with Crippen molar-refractivity contribution in [3.63, 3.8) is 0 Å². The molecule has 6 amide bonds. The lowest BCUT2D eigenvalue weighted by molar-refractivity contribution is -0.132. The van der Waals surface area contributed by atoms with Gasteiger partial charge < -0.3 is 69.6 Å². The van der Waals surface area contributed by atoms with E-state index in [2.05, 4.69) is 82.9 Å². The Morgan fingerprint density at radius 3 is 1.02 bits per heavy atom. The number of furan rings is 1. The Labute approximate surface area is 852 Å². The molecule has 1 atom stereocenters. The molecule has 2 saturated heterocycles. The number of hydrogen-bond donors (Lipinski definition) is 11.